The van der Waals surface area contributed by atoms with Crippen molar-refractivity contribution in [3.63, 3.8) is 0 Å². The molecule has 5 nitrogen and oxygen atoms in total. The maximum absolute atomic E-state index is 12.0. The Balaban J connectivity index is 1.70. The number of carbonyl (C=O) groups is 1. The number of aromatic nitrogens is 2. The Bertz CT molecular complexity index is 821. The lowest BCUT2D eigenvalue weighted by Crippen LogP contribution is -2.32. The molecule has 1 atom stereocenters. The van der Waals surface area contributed by atoms with Gasteiger partial charge in [0.1, 0.15) is 0 Å². The number of carbonyl (C=O) groups excluding carboxylic acids is 1. The van der Waals surface area contributed by atoms with Gasteiger partial charge in [-0.15, -0.1) is 0 Å². The maximum Gasteiger partial charge on any atom is 0.253 e. The van der Waals surface area contributed by atoms with E-state index in [0.29, 0.717) is 6.54 Å². The molecular weight excluding hydrogens is 300 g/mol. The Hall–Kier alpha value is -2.58. The van der Waals surface area contributed by atoms with E-state index in [2.05, 4.69) is 32.0 Å². The van der Waals surface area contributed by atoms with Gasteiger partial charge in [-0.25, -0.2) is 0 Å². The number of pyridine rings is 1. The number of hydrogen-bond acceptors (Lipinski definition) is 3. The molecule has 0 aliphatic carbocycles. The van der Waals surface area contributed by atoms with Crippen molar-refractivity contribution >= 4 is 5.91 Å². The molecule has 1 saturated heterocycles. The molecule has 5 heteroatoms. The van der Waals surface area contributed by atoms with Gasteiger partial charge in [0, 0.05) is 37.3 Å². The van der Waals surface area contributed by atoms with E-state index in [1.165, 1.54) is 12.8 Å². The highest BCUT2D eigenvalue weighted by Gasteiger charge is 2.21. The van der Waals surface area contributed by atoms with Gasteiger partial charge < -0.3 is 15.2 Å². The number of piperidine rings is 1. The van der Waals surface area contributed by atoms with Crippen LogP contribution in [0.1, 0.15) is 40.9 Å². The smallest absolute Gasteiger partial charge is 0.253 e. The van der Waals surface area contributed by atoms with Crippen LogP contribution in [0.25, 0.3) is 5.69 Å². The van der Waals surface area contributed by atoms with E-state index in [9.17, 15) is 4.79 Å². The molecule has 1 unspecified atom stereocenters. The lowest BCUT2D eigenvalue weighted by molar-refractivity contribution is 0.0945. The highest BCUT2D eigenvalue weighted by atomic mass is 16.1. The molecule has 1 amide bonds. The number of amides is 1. The van der Waals surface area contributed by atoms with Gasteiger partial charge in [0.15, 0.2) is 0 Å². The highest BCUT2D eigenvalue weighted by molar-refractivity contribution is 5.96. The molecule has 0 aromatic carbocycles. The van der Waals surface area contributed by atoms with Crippen molar-refractivity contribution in [1.29, 1.82) is 0 Å². The summed E-state index contributed by atoms with van der Waals surface area (Å²) < 4.78 is 2.08. The zero-order valence-electron chi connectivity index (χ0n) is 13.5. The first kappa shape index (κ1) is 15.0. The van der Waals surface area contributed by atoms with Crippen molar-refractivity contribution in [2.24, 2.45) is 0 Å². The van der Waals surface area contributed by atoms with E-state index < -0.39 is 0 Å². The Kier molecular flexibility index (Phi) is 4.06. The predicted octanol–water partition coefficient (Wildman–Crippen LogP) is 1.65. The Morgan fingerprint density at radius 3 is 3.08 bits per heavy atom. The normalized spacial score (nSPS) is 19.8. The largest absolute Gasteiger partial charge is 0.352 e. The minimum absolute atomic E-state index is 0.00287. The van der Waals surface area contributed by atoms with Crippen molar-refractivity contribution in [2.75, 3.05) is 13.1 Å². The molecule has 0 radical (unpaired) electrons. The molecule has 4 rings (SSSR count). The third kappa shape index (κ3) is 2.81. The highest BCUT2D eigenvalue weighted by Crippen LogP contribution is 2.22. The molecular formula is C19H20N4O. The average molecular weight is 320 g/mol. The first-order valence-corrected chi connectivity index (χ1v) is 8.50. The van der Waals surface area contributed by atoms with Gasteiger partial charge >= 0.3 is 0 Å². The van der Waals surface area contributed by atoms with Crippen LogP contribution in [-0.4, -0.2) is 34.6 Å². The summed E-state index contributed by atoms with van der Waals surface area (Å²) in [5.74, 6) is 6.63. The quantitative estimate of drug-likeness (QED) is 0.786. The van der Waals surface area contributed by atoms with Crippen LogP contribution in [0, 0.1) is 11.8 Å². The fourth-order valence-electron chi connectivity index (χ4n) is 3.38. The number of fused-ring (bicyclic) bond motifs is 1. The van der Waals surface area contributed by atoms with Crippen LogP contribution < -0.4 is 10.6 Å². The fraction of sp³-hybridized carbons (Fsp3) is 0.368. The van der Waals surface area contributed by atoms with Crippen molar-refractivity contribution < 1.29 is 4.79 Å². The summed E-state index contributed by atoms with van der Waals surface area (Å²) in [7, 11) is 0. The van der Waals surface area contributed by atoms with Gasteiger partial charge in [-0.1, -0.05) is 11.8 Å². The van der Waals surface area contributed by atoms with Gasteiger partial charge in [0.2, 0.25) is 0 Å². The maximum atomic E-state index is 12.0. The van der Waals surface area contributed by atoms with Gasteiger partial charge in [0.25, 0.3) is 5.91 Å². The second-order valence-corrected chi connectivity index (χ2v) is 6.22. The van der Waals surface area contributed by atoms with E-state index in [-0.39, 0.29) is 11.9 Å². The first-order chi connectivity index (χ1) is 11.8. The molecule has 0 spiro atoms. The molecule has 24 heavy (non-hydrogen) atoms. The van der Waals surface area contributed by atoms with E-state index in [0.717, 1.165) is 41.9 Å². The number of nitrogens with one attached hydrogen (secondary N) is 2. The number of nitrogens with zero attached hydrogens (tertiary/aromatic N) is 2. The predicted molar refractivity (Wildman–Crippen MR) is 92.1 cm³/mol. The van der Waals surface area contributed by atoms with E-state index in [1.54, 1.807) is 12.4 Å². The van der Waals surface area contributed by atoms with E-state index in [4.69, 9.17) is 0 Å². The number of rotatable bonds is 1. The molecule has 2 aromatic heterocycles. The van der Waals surface area contributed by atoms with Crippen LogP contribution >= 0.6 is 0 Å². The second-order valence-electron chi connectivity index (χ2n) is 6.22. The average Bonchev–Trinajstić information content (AvgIpc) is 3.06. The summed E-state index contributed by atoms with van der Waals surface area (Å²) in [6.07, 6.45) is 9.92. The Labute approximate surface area is 141 Å². The molecule has 2 aliphatic rings. The minimum atomic E-state index is 0.00287. The molecule has 1 fully saturated rings. The van der Waals surface area contributed by atoms with Crippen molar-refractivity contribution in [2.45, 2.75) is 31.7 Å². The third-order valence-corrected chi connectivity index (χ3v) is 4.63. The SMILES string of the molecule is O=C1NCCc2c1ccn2-c1ccncc1C#CC1CCCCN1. The van der Waals surface area contributed by atoms with Crippen LogP contribution in [0.3, 0.4) is 0 Å². The molecule has 2 aromatic rings. The van der Waals surface area contributed by atoms with E-state index in [1.807, 2.05) is 18.3 Å². The second kappa shape index (κ2) is 6.50. The minimum Gasteiger partial charge on any atom is -0.352 e. The van der Waals surface area contributed by atoms with Gasteiger partial charge in [-0.05, 0) is 37.9 Å². The van der Waals surface area contributed by atoms with Crippen LogP contribution in [-0.2, 0) is 6.42 Å². The standard InChI is InChI=1S/C19H20N4O/c24-19-16-8-12-23(18(16)7-11-22-19)17-6-10-20-13-14(17)4-5-15-3-1-2-9-21-15/h6,8,10,12-13,15,21H,1-3,7,9,11H2,(H,22,24). The molecule has 4 heterocycles. The zero-order valence-corrected chi connectivity index (χ0v) is 13.5. The lowest BCUT2D eigenvalue weighted by atomic mass is 10.0. The summed E-state index contributed by atoms with van der Waals surface area (Å²) in [5.41, 5.74) is 3.69. The summed E-state index contributed by atoms with van der Waals surface area (Å²) in [4.78, 5) is 16.2. The van der Waals surface area contributed by atoms with Gasteiger partial charge in [-0.3, -0.25) is 9.78 Å². The van der Waals surface area contributed by atoms with Crippen LogP contribution in [0.2, 0.25) is 0 Å². The van der Waals surface area contributed by atoms with Crippen LogP contribution in [0.5, 0.6) is 0 Å². The van der Waals surface area contributed by atoms with Crippen molar-refractivity contribution in [3.8, 4) is 17.5 Å². The summed E-state index contributed by atoms with van der Waals surface area (Å²) in [5, 5.41) is 6.33. The molecule has 2 N–H and O–H groups in total. The first-order valence-electron chi connectivity index (χ1n) is 8.50. The Morgan fingerprint density at radius 1 is 1.25 bits per heavy atom. The monoisotopic (exact) mass is 320 g/mol. The topological polar surface area (TPSA) is 59.0 Å². The lowest BCUT2D eigenvalue weighted by Gasteiger charge is -2.18. The molecule has 122 valence electrons. The van der Waals surface area contributed by atoms with Gasteiger partial charge in [-0.2, -0.15) is 0 Å². The molecule has 2 aliphatic heterocycles. The van der Waals surface area contributed by atoms with E-state index >= 15 is 0 Å². The fourth-order valence-corrected chi connectivity index (χ4v) is 3.38. The van der Waals surface area contributed by atoms with Crippen LogP contribution in [0.4, 0.5) is 0 Å². The zero-order chi connectivity index (χ0) is 16.4. The van der Waals surface area contributed by atoms with Gasteiger partial charge in [0.05, 0.1) is 22.9 Å². The summed E-state index contributed by atoms with van der Waals surface area (Å²) >= 11 is 0. The molecule has 0 saturated carbocycles. The molecule has 0 bridgehead atoms. The number of hydrogen-bond donors (Lipinski definition) is 2. The van der Waals surface area contributed by atoms with Crippen LogP contribution in [0.15, 0.2) is 30.7 Å². The Morgan fingerprint density at radius 2 is 2.21 bits per heavy atom. The summed E-state index contributed by atoms with van der Waals surface area (Å²) in [6.45, 7) is 1.72. The van der Waals surface area contributed by atoms with Crippen molar-refractivity contribution in [1.82, 2.24) is 20.2 Å². The third-order valence-electron chi connectivity index (χ3n) is 4.63. The summed E-state index contributed by atoms with van der Waals surface area (Å²) in [6, 6.07) is 4.10. The van der Waals surface area contributed by atoms with Crippen molar-refractivity contribution in [3.05, 3.63) is 47.5 Å².